The number of nitrogens with zero attached hydrogens (tertiary/aromatic N) is 2. The van der Waals surface area contributed by atoms with Crippen molar-refractivity contribution in [2.24, 2.45) is 0 Å². The molecule has 0 saturated heterocycles. The number of benzene rings is 3. The first-order valence-corrected chi connectivity index (χ1v) is 10.1. The summed E-state index contributed by atoms with van der Waals surface area (Å²) in [4.78, 5) is 21.9. The first-order chi connectivity index (χ1) is 13.7. The Hall–Kier alpha value is -3.30. The molecule has 3 rings (SSSR count). The molecule has 0 spiro atoms. The average molecular weight is 414 g/mol. The van der Waals surface area contributed by atoms with Crippen LogP contribution >= 0.6 is 0 Å². The van der Waals surface area contributed by atoms with Crippen LogP contribution in [0, 0.1) is 10.1 Å². The van der Waals surface area contributed by atoms with Crippen molar-refractivity contribution in [2.75, 3.05) is 0 Å². The lowest BCUT2D eigenvalue weighted by Gasteiger charge is -2.26. The Kier molecular flexibility index (Phi) is 5.62. The van der Waals surface area contributed by atoms with E-state index in [1.165, 1.54) is 37.3 Å². The molecule has 1 atom stereocenters. The second-order valence-electron chi connectivity index (χ2n) is 6.47. The maximum atomic E-state index is 13.4. The van der Waals surface area contributed by atoms with E-state index < -0.39 is 27.0 Å². The van der Waals surface area contributed by atoms with E-state index in [4.69, 9.17) is 0 Å². The fourth-order valence-corrected chi connectivity index (χ4v) is 4.80. The lowest BCUT2D eigenvalue weighted by molar-refractivity contribution is -0.384. The summed E-state index contributed by atoms with van der Waals surface area (Å²) in [5, 5.41) is 21.5. The summed E-state index contributed by atoms with van der Waals surface area (Å²) in [5.41, 5.74) is 0.302. The van der Waals surface area contributed by atoms with Crippen LogP contribution in [0.5, 0.6) is 0 Å². The number of carboxylic acid groups (broad SMARTS) is 1. The third-order valence-corrected chi connectivity index (χ3v) is 6.59. The van der Waals surface area contributed by atoms with Crippen LogP contribution < -0.4 is 0 Å². The molecule has 1 unspecified atom stereocenters. The van der Waals surface area contributed by atoms with Gasteiger partial charge in [0.25, 0.3) is 5.69 Å². The molecule has 9 heteroatoms. The minimum absolute atomic E-state index is 0.00520. The first-order valence-electron chi connectivity index (χ1n) is 8.67. The molecule has 8 nitrogen and oxygen atoms in total. The van der Waals surface area contributed by atoms with Gasteiger partial charge in [-0.05, 0) is 23.9 Å². The van der Waals surface area contributed by atoms with Gasteiger partial charge in [0.05, 0.1) is 9.82 Å². The predicted octanol–water partition coefficient (Wildman–Crippen LogP) is 3.41. The van der Waals surface area contributed by atoms with Crippen LogP contribution in [0.15, 0.2) is 71.6 Å². The predicted molar refractivity (Wildman–Crippen MR) is 107 cm³/mol. The van der Waals surface area contributed by atoms with Crippen molar-refractivity contribution in [1.29, 1.82) is 0 Å². The van der Waals surface area contributed by atoms with Crippen LogP contribution in [0.3, 0.4) is 0 Å². The zero-order valence-electron chi connectivity index (χ0n) is 15.4. The number of non-ortho nitro benzene ring substituents is 1. The zero-order valence-corrected chi connectivity index (χ0v) is 16.2. The fourth-order valence-electron chi connectivity index (χ4n) is 3.00. The molecule has 0 radical (unpaired) electrons. The molecule has 0 aromatic heterocycles. The van der Waals surface area contributed by atoms with E-state index in [1.54, 1.807) is 36.4 Å². The number of sulfonamides is 1. The Morgan fingerprint density at radius 1 is 1.07 bits per heavy atom. The van der Waals surface area contributed by atoms with E-state index >= 15 is 0 Å². The molecule has 150 valence electrons. The van der Waals surface area contributed by atoms with Gasteiger partial charge in [-0.2, -0.15) is 4.31 Å². The Bertz CT molecular complexity index is 1170. The van der Waals surface area contributed by atoms with Crippen molar-refractivity contribution < 1.29 is 23.2 Å². The average Bonchev–Trinajstić information content (AvgIpc) is 2.71. The van der Waals surface area contributed by atoms with Crippen LogP contribution in [-0.2, 0) is 21.4 Å². The van der Waals surface area contributed by atoms with Crippen LogP contribution in [0.25, 0.3) is 10.8 Å². The first kappa shape index (κ1) is 20.4. The third kappa shape index (κ3) is 4.10. The summed E-state index contributed by atoms with van der Waals surface area (Å²) >= 11 is 0. The van der Waals surface area contributed by atoms with Gasteiger partial charge in [-0.1, -0.05) is 48.5 Å². The topological polar surface area (TPSA) is 118 Å². The van der Waals surface area contributed by atoms with Gasteiger partial charge in [0, 0.05) is 24.1 Å². The van der Waals surface area contributed by atoms with Gasteiger partial charge in [-0.25, -0.2) is 8.42 Å². The molecular formula is C20H18N2O6S. The normalized spacial score (nSPS) is 12.8. The van der Waals surface area contributed by atoms with Crippen LogP contribution in [0.4, 0.5) is 5.69 Å². The second-order valence-corrected chi connectivity index (χ2v) is 8.32. The smallest absolute Gasteiger partial charge is 0.321 e. The molecule has 0 aliphatic heterocycles. The van der Waals surface area contributed by atoms with Gasteiger partial charge in [0.15, 0.2) is 0 Å². The van der Waals surface area contributed by atoms with Crippen LogP contribution in [0.1, 0.15) is 12.5 Å². The maximum absolute atomic E-state index is 13.4. The number of hydrogen-bond donors (Lipinski definition) is 1. The van der Waals surface area contributed by atoms with Gasteiger partial charge < -0.3 is 5.11 Å². The molecule has 29 heavy (non-hydrogen) atoms. The number of carbonyl (C=O) groups is 1. The molecule has 0 bridgehead atoms. The summed E-state index contributed by atoms with van der Waals surface area (Å²) in [6.45, 7) is 1.05. The Labute approximate surface area is 167 Å². The van der Waals surface area contributed by atoms with Gasteiger partial charge >= 0.3 is 5.97 Å². The number of rotatable bonds is 7. The van der Waals surface area contributed by atoms with Gasteiger partial charge in [-0.15, -0.1) is 0 Å². The Balaban J connectivity index is 2.08. The second kappa shape index (κ2) is 7.98. The monoisotopic (exact) mass is 414 g/mol. The van der Waals surface area contributed by atoms with Crippen molar-refractivity contribution in [3.8, 4) is 0 Å². The summed E-state index contributed by atoms with van der Waals surface area (Å²) in [6.07, 6.45) is 0. The molecule has 0 amide bonds. The molecular weight excluding hydrogens is 396 g/mol. The van der Waals surface area contributed by atoms with Crippen LogP contribution in [-0.4, -0.2) is 34.8 Å². The maximum Gasteiger partial charge on any atom is 0.321 e. The highest BCUT2D eigenvalue weighted by Crippen LogP contribution is 2.28. The number of fused-ring (bicyclic) bond motifs is 1. The molecule has 0 heterocycles. The lowest BCUT2D eigenvalue weighted by Crippen LogP contribution is -2.42. The zero-order chi connectivity index (χ0) is 21.2. The minimum atomic E-state index is -4.18. The standard InChI is InChI=1S/C20H18N2O6S/c1-14(20(23)24)21(13-15-9-11-17(12-10-15)22(25)26)29(27,28)19-8-4-6-16-5-2-3-7-18(16)19/h2-12,14H,13H2,1H3,(H,23,24). The van der Waals surface area contributed by atoms with Crippen molar-refractivity contribution in [3.63, 3.8) is 0 Å². The Morgan fingerprint density at radius 3 is 2.31 bits per heavy atom. The van der Waals surface area contributed by atoms with E-state index in [9.17, 15) is 28.4 Å². The molecule has 3 aromatic carbocycles. The number of hydrogen-bond acceptors (Lipinski definition) is 5. The largest absolute Gasteiger partial charge is 0.480 e. The molecule has 1 N–H and O–H groups in total. The van der Waals surface area contributed by atoms with Crippen molar-refractivity contribution >= 4 is 32.5 Å². The highest BCUT2D eigenvalue weighted by molar-refractivity contribution is 7.89. The van der Waals surface area contributed by atoms with Crippen molar-refractivity contribution in [3.05, 3.63) is 82.4 Å². The number of nitro groups is 1. The quantitative estimate of drug-likeness (QED) is 0.468. The summed E-state index contributed by atoms with van der Waals surface area (Å²) in [7, 11) is -4.18. The number of nitro benzene ring substituents is 1. The number of aliphatic carboxylic acids is 1. The highest BCUT2D eigenvalue weighted by Gasteiger charge is 2.34. The van der Waals surface area contributed by atoms with Crippen molar-refractivity contribution in [2.45, 2.75) is 24.4 Å². The van der Waals surface area contributed by atoms with Gasteiger partial charge in [0.2, 0.25) is 10.0 Å². The Morgan fingerprint density at radius 2 is 1.69 bits per heavy atom. The molecule has 0 fully saturated rings. The lowest BCUT2D eigenvalue weighted by atomic mass is 10.1. The van der Waals surface area contributed by atoms with Gasteiger partial charge in [0.1, 0.15) is 6.04 Å². The van der Waals surface area contributed by atoms with E-state index in [0.29, 0.717) is 16.3 Å². The molecule has 0 aliphatic carbocycles. The SMILES string of the molecule is CC(C(=O)O)N(Cc1ccc([N+](=O)[O-])cc1)S(=O)(=O)c1cccc2ccccc12. The van der Waals surface area contributed by atoms with E-state index in [-0.39, 0.29) is 17.1 Å². The molecule has 3 aromatic rings. The summed E-state index contributed by atoms with van der Waals surface area (Å²) < 4.78 is 27.7. The minimum Gasteiger partial charge on any atom is -0.480 e. The van der Waals surface area contributed by atoms with Crippen LogP contribution in [0.2, 0.25) is 0 Å². The summed E-state index contributed by atoms with van der Waals surface area (Å²) in [5.74, 6) is -1.30. The molecule has 0 saturated carbocycles. The van der Waals surface area contributed by atoms with E-state index in [0.717, 1.165) is 4.31 Å². The third-order valence-electron chi connectivity index (χ3n) is 4.61. The number of carboxylic acids is 1. The van der Waals surface area contributed by atoms with Crippen molar-refractivity contribution in [1.82, 2.24) is 4.31 Å². The van der Waals surface area contributed by atoms with E-state index in [2.05, 4.69) is 0 Å². The molecule has 0 aliphatic rings. The fraction of sp³-hybridized carbons (Fsp3) is 0.150. The van der Waals surface area contributed by atoms with E-state index in [1.807, 2.05) is 0 Å². The van der Waals surface area contributed by atoms with Gasteiger partial charge in [-0.3, -0.25) is 14.9 Å². The highest BCUT2D eigenvalue weighted by atomic mass is 32.2. The summed E-state index contributed by atoms with van der Waals surface area (Å²) in [6, 6.07) is 15.7.